The van der Waals surface area contributed by atoms with Crippen LogP contribution in [0.3, 0.4) is 0 Å². The van der Waals surface area contributed by atoms with Crippen LogP contribution in [0, 0.1) is 20.8 Å². The van der Waals surface area contributed by atoms with Crippen LogP contribution in [0.4, 0.5) is 4.79 Å². The fourth-order valence-electron chi connectivity index (χ4n) is 8.57. The predicted molar refractivity (Wildman–Crippen MR) is 247 cm³/mol. The lowest BCUT2D eigenvalue weighted by atomic mass is 9.99. The summed E-state index contributed by atoms with van der Waals surface area (Å²) in [4.78, 5) is 72.0. The lowest BCUT2D eigenvalue weighted by Crippen LogP contribution is -2.56. The number of ether oxygens (including phenoxy) is 2. The molecule has 2 heterocycles. The van der Waals surface area contributed by atoms with Crippen LogP contribution in [-0.4, -0.2) is 104 Å². The fourth-order valence-corrected chi connectivity index (χ4v) is 10.1. The second-order valence-electron chi connectivity index (χ2n) is 18.0. The maximum Gasteiger partial charge on any atom is 0.408 e. The van der Waals surface area contributed by atoms with Crippen LogP contribution in [-0.2, 0) is 40.4 Å². The van der Waals surface area contributed by atoms with Crippen LogP contribution in [0.5, 0.6) is 5.75 Å². The summed E-state index contributed by atoms with van der Waals surface area (Å²) in [6.45, 7) is 11.9. The molecule has 2 aliphatic rings. The number of methoxy groups -OCH3 is 1. The highest BCUT2D eigenvalue weighted by molar-refractivity contribution is 7.90. The molecular formula is C48H66N6O9S. The number of carbonyl (C=O) groups is 5. The van der Waals surface area contributed by atoms with Crippen molar-refractivity contribution in [3.05, 3.63) is 70.8 Å². The van der Waals surface area contributed by atoms with Gasteiger partial charge in [0.1, 0.15) is 29.3 Å². The molecule has 16 heteroatoms. The van der Waals surface area contributed by atoms with Gasteiger partial charge in [0, 0.05) is 45.3 Å². The highest BCUT2D eigenvalue weighted by atomic mass is 32.2. The van der Waals surface area contributed by atoms with Crippen LogP contribution >= 0.6 is 0 Å². The summed E-state index contributed by atoms with van der Waals surface area (Å²) in [6.07, 6.45) is 4.09. The Bertz CT molecular complexity index is 2330. The lowest BCUT2D eigenvalue weighted by molar-refractivity contribution is -0.141. The number of carbonyl (C=O) groups excluding carboxylic acids is 5. The van der Waals surface area contributed by atoms with Gasteiger partial charge in [-0.05, 0) is 126 Å². The molecule has 0 aromatic heterocycles. The standard InChI is InChI=1S/C48H66N6O9S/c1-31-28-41(62-7)32(2)33(3)44(31)64(60,61)52-42(49)20-12-11-18-37(40(55)23-24-43(56)53-25-13-8-14-26-53)50-45(57)39-19-15-27-54(39)46(58)38(51-47(59)63-48(4,5)6)30-34-21-22-35-16-9-10-17-36(35)29-34/h9-10,16-17,21-22,28-29,37-39H,8,11-15,18-20,23-27,30H2,1-7H3,(H2,49,52)(H,50,57)(H,51,59)/t37?,38?,39-/m0/s1. The first-order valence-corrected chi connectivity index (χ1v) is 23.8. The van der Waals surface area contributed by atoms with Gasteiger partial charge in [0.25, 0.3) is 10.0 Å². The van der Waals surface area contributed by atoms with Crippen molar-refractivity contribution >= 4 is 56.2 Å². The van der Waals surface area contributed by atoms with Crippen molar-refractivity contribution in [2.45, 2.75) is 147 Å². The van der Waals surface area contributed by atoms with E-state index in [9.17, 15) is 32.4 Å². The van der Waals surface area contributed by atoms with Gasteiger partial charge in [0.15, 0.2) is 5.78 Å². The molecule has 5 rings (SSSR count). The number of hydrogen-bond acceptors (Lipinski definition) is 9. The summed E-state index contributed by atoms with van der Waals surface area (Å²) in [5.41, 5.74) is 7.85. The number of rotatable bonds is 18. The molecule has 0 saturated carbocycles. The number of sulfonamides is 1. The number of nitrogens with zero attached hydrogens (tertiary/aromatic N) is 3. The predicted octanol–water partition coefficient (Wildman–Crippen LogP) is 6.35. The van der Waals surface area contributed by atoms with E-state index in [1.165, 1.54) is 12.0 Å². The van der Waals surface area contributed by atoms with Crippen molar-refractivity contribution in [1.82, 2.24) is 20.4 Å². The molecule has 2 aliphatic heterocycles. The van der Waals surface area contributed by atoms with Crippen LogP contribution in [0.2, 0.25) is 0 Å². The number of nitrogens with one attached hydrogen (secondary N) is 2. The van der Waals surface area contributed by atoms with Crippen molar-refractivity contribution < 1.29 is 41.9 Å². The number of likely N-dealkylation sites (tertiary alicyclic amines) is 2. The van der Waals surface area contributed by atoms with Crippen molar-refractivity contribution in [2.75, 3.05) is 26.7 Å². The molecule has 4 N–H and O–H groups in total. The second-order valence-corrected chi connectivity index (χ2v) is 19.6. The van der Waals surface area contributed by atoms with E-state index in [1.807, 2.05) is 42.5 Å². The average molecular weight is 903 g/mol. The molecule has 3 aromatic carbocycles. The molecule has 0 spiro atoms. The minimum atomic E-state index is -4.15. The Hall–Kier alpha value is -5.51. The number of unbranched alkanes of at least 4 members (excludes halogenated alkanes) is 1. The monoisotopic (exact) mass is 902 g/mol. The zero-order valence-corrected chi connectivity index (χ0v) is 39.3. The fraction of sp³-hybridized carbons (Fsp3) is 0.542. The number of piperidine rings is 1. The van der Waals surface area contributed by atoms with Gasteiger partial charge in [-0.1, -0.05) is 48.9 Å². The van der Waals surface area contributed by atoms with E-state index in [0.717, 1.165) is 35.6 Å². The number of amides is 4. The molecule has 15 nitrogen and oxygen atoms in total. The SMILES string of the molecule is COc1cc(C)c(S(=O)(=O)/N=C(\N)CCCCC(NC(=O)[C@@H]2CCCN2C(=O)C(Cc2ccc3ccccc3c2)NC(=O)OC(C)(C)C)C(=O)CCC(=O)N2CCCCC2)c(C)c1C. The van der Waals surface area contributed by atoms with Gasteiger partial charge in [-0.3, -0.25) is 19.2 Å². The Kier molecular flexibility index (Phi) is 17.0. The quantitative estimate of drug-likeness (QED) is 0.0732. The van der Waals surface area contributed by atoms with Crippen LogP contribution < -0.4 is 21.1 Å². The third-order valence-corrected chi connectivity index (χ3v) is 13.6. The summed E-state index contributed by atoms with van der Waals surface area (Å²) in [7, 11) is -2.63. The third-order valence-electron chi connectivity index (χ3n) is 11.9. The minimum Gasteiger partial charge on any atom is -0.496 e. The molecule has 64 heavy (non-hydrogen) atoms. The maximum absolute atomic E-state index is 14.4. The Balaban J connectivity index is 1.30. The van der Waals surface area contributed by atoms with Crippen LogP contribution in [0.15, 0.2) is 57.8 Å². The Morgan fingerprint density at radius 2 is 1.55 bits per heavy atom. The van der Waals surface area contributed by atoms with Crippen molar-refractivity contribution in [2.24, 2.45) is 10.1 Å². The Morgan fingerprint density at radius 1 is 0.844 bits per heavy atom. The van der Waals surface area contributed by atoms with Gasteiger partial charge in [0.05, 0.1) is 18.0 Å². The summed E-state index contributed by atoms with van der Waals surface area (Å²) in [6, 6.07) is 12.3. The number of Topliss-reactive ketones (excluding diaryl/α,β-unsaturated/α-hetero) is 1. The first kappa shape index (κ1) is 49.5. The summed E-state index contributed by atoms with van der Waals surface area (Å²) in [5.74, 6) is -0.914. The number of alkyl carbamates (subject to hydrolysis) is 1. The largest absolute Gasteiger partial charge is 0.496 e. The molecule has 2 saturated heterocycles. The zero-order chi connectivity index (χ0) is 46.8. The van der Waals surface area contributed by atoms with E-state index in [4.69, 9.17) is 15.2 Å². The molecule has 3 aromatic rings. The first-order chi connectivity index (χ1) is 30.3. The van der Waals surface area contributed by atoms with Gasteiger partial charge in [-0.25, -0.2) is 4.79 Å². The molecule has 4 amide bonds. The normalized spacial score (nSPS) is 16.9. The van der Waals surface area contributed by atoms with Gasteiger partial charge < -0.3 is 35.6 Å². The molecule has 0 radical (unpaired) electrons. The number of aryl methyl sites for hydroxylation is 1. The first-order valence-electron chi connectivity index (χ1n) is 22.4. The number of ketones is 1. The van der Waals surface area contributed by atoms with Gasteiger partial charge >= 0.3 is 6.09 Å². The molecule has 0 aliphatic carbocycles. The number of fused-ring (bicyclic) bond motifs is 1. The number of hydrogen-bond donors (Lipinski definition) is 3. The number of amidine groups is 1. The van der Waals surface area contributed by atoms with Crippen molar-refractivity contribution in [1.29, 1.82) is 0 Å². The van der Waals surface area contributed by atoms with Gasteiger partial charge in [0.2, 0.25) is 17.7 Å². The summed E-state index contributed by atoms with van der Waals surface area (Å²) < 4.78 is 41.7. The maximum atomic E-state index is 14.4. The van der Waals surface area contributed by atoms with E-state index in [-0.39, 0.29) is 61.1 Å². The van der Waals surface area contributed by atoms with Gasteiger partial charge in [-0.15, -0.1) is 4.40 Å². The minimum absolute atomic E-state index is 0.00711. The molecule has 2 fully saturated rings. The van der Waals surface area contributed by atoms with E-state index in [0.29, 0.717) is 61.2 Å². The Labute approximate surface area is 377 Å². The van der Waals surface area contributed by atoms with Crippen LogP contribution in [0.1, 0.15) is 114 Å². The summed E-state index contributed by atoms with van der Waals surface area (Å²) >= 11 is 0. The van der Waals surface area contributed by atoms with E-state index >= 15 is 0 Å². The van der Waals surface area contributed by atoms with Crippen LogP contribution in [0.25, 0.3) is 10.8 Å². The van der Waals surface area contributed by atoms with Gasteiger partial charge in [-0.2, -0.15) is 8.42 Å². The highest BCUT2D eigenvalue weighted by Gasteiger charge is 2.39. The molecule has 3 atom stereocenters. The van der Waals surface area contributed by atoms with E-state index < -0.39 is 51.7 Å². The number of nitrogens with two attached hydrogens (primary N) is 1. The Morgan fingerprint density at radius 3 is 2.23 bits per heavy atom. The molecule has 2 unspecified atom stereocenters. The highest BCUT2D eigenvalue weighted by Crippen LogP contribution is 2.32. The molecule has 0 bridgehead atoms. The average Bonchev–Trinajstić information content (AvgIpc) is 3.74. The topological polar surface area (TPSA) is 207 Å². The third kappa shape index (κ3) is 13.3. The second kappa shape index (κ2) is 21.9. The zero-order valence-electron chi connectivity index (χ0n) is 38.5. The lowest BCUT2D eigenvalue weighted by Gasteiger charge is -2.30. The smallest absolute Gasteiger partial charge is 0.408 e. The van der Waals surface area contributed by atoms with E-state index in [1.54, 1.807) is 52.5 Å². The molecule has 348 valence electrons. The molecular weight excluding hydrogens is 837 g/mol. The van der Waals surface area contributed by atoms with Crippen molar-refractivity contribution in [3.8, 4) is 5.75 Å². The van der Waals surface area contributed by atoms with Crippen molar-refractivity contribution in [3.63, 3.8) is 0 Å². The number of benzene rings is 3. The van der Waals surface area contributed by atoms with E-state index in [2.05, 4.69) is 15.0 Å². The summed E-state index contributed by atoms with van der Waals surface area (Å²) in [5, 5.41) is 7.68.